The van der Waals surface area contributed by atoms with E-state index < -0.39 is 15.6 Å². The minimum atomic E-state index is -3.64. The summed E-state index contributed by atoms with van der Waals surface area (Å²) in [6, 6.07) is 7.43. The van der Waals surface area contributed by atoms with Gasteiger partial charge in [0.05, 0.1) is 23.2 Å². The highest BCUT2D eigenvalue weighted by Gasteiger charge is 2.56. The molecule has 3 aliphatic rings. The Morgan fingerprint density at radius 1 is 1.14 bits per heavy atom. The Morgan fingerprint density at radius 2 is 1.76 bits per heavy atom. The summed E-state index contributed by atoms with van der Waals surface area (Å²) in [6.07, 6.45) is 1.89. The molecule has 0 unspecified atom stereocenters. The average molecular weight is 417 g/mol. The normalized spacial score (nSPS) is 26.4. The number of imide groups is 1. The number of nitrogens with zero attached hydrogens (tertiary/aromatic N) is 4. The highest BCUT2D eigenvalue weighted by atomic mass is 32.2. The van der Waals surface area contributed by atoms with Gasteiger partial charge in [-0.25, -0.2) is 18.1 Å². The Bertz CT molecular complexity index is 975. The lowest BCUT2D eigenvalue weighted by Gasteiger charge is -2.35. The van der Waals surface area contributed by atoms with Crippen LogP contribution in [0.2, 0.25) is 0 Å². The van der Waals surface area contributed by atoms with Crippen LogP contribution in [0.25, 0.3) is 0 Å². The zero-order valence-corrected chi connectivity index (χ0v) is 17.0. The summed E-state index contributed by atoms with van der Waals surface area (Å²) in [5.41, 5.74) is -0.404. The van der Waals surface area contributed by atoms with Crippen LogP contribution in [0.1, 0.15) is 25.3 Å². The zero-order chi connectivity index (χ0) is 20.8. The molecule has 3 fully saturated rings. The van der Waals surface area contributed by atoms with Gasteiger partial charge in [0.2, 0.25) is 10.0 Å². The summed E-state index contributed by atoms with van der Waals surface area (Å²) >= 11 is 0. The molecule has 1 N–H and O–H groups in total. The highest BCUT2D eigenvalue weighted by Crippen LogP contribution is 2.42. The van der Waals surface area contributed by atoms with Gasteiger partial charge in [0.15, 0.2) is 0 Å². The van der Waals surface area contributed by atoms with E-state index in [0.29, 0.717) is 18.7 Å². The lowest BCUT2D eigenvalue weighted by Crippen LogP contribution is -2.53. The third kappa shape index (κ3) is 3.50. The number of hydrogen-bond donors (Lipinski definition) is 1. The van der Waals surface area contributed by atoms with Crippen LogP contribution in [-0.4, -0.2) is 72.8 Å². The van der Waals surface area contributed by atoms with E-state index in [1.165, 1.54) is 33.5 Å². The molecule has 0 aromatic heterocycles. The van der Waals surface area contributed by atoms with Crippen LogP contribution in [0.4, 0.5) is 4.79 Å². The Hall–Kier alpha value is -2.48. The molecule has 3 amide bonds. The Labute approximate surface area is 169 Å². The molecule has 1 aromatic carbocycles. The molecule has 0 bridgehead atoms. The van der Waals surface area contributed by atoms with Gasteiger partial charge in [0, 0.05) is 26.2 Å². The van der Waals surface area contributed by atoms with E-state index in [0.717, 1.165) is 12.8 Å². The summed E-state index contributed by atoms with van der Waals surface area (Å²) in [6.45, 7) is 3.34. The van der Waals surface area contributed by atoms with E-state index in [1.807, 2.05) is 11.0 Å². The number of amides is 3. The summed E-state index contributed by atoms with van der Waals surface area (Å²) in [5, 5.41) is 11.7. The zero-order valence-electron chi connectivity index (χ0n) is 16.2. The fraction of sp³-hybridized carbons (Fsp3) is 0.526. The van der Waals surface area contributed by atoms with Crippen molar-refractivity contribution in [3.63, 3.8) is 0 Å². The van der Waals surface area contributed by atoms with Crippen LogP contribution in [0.15, 0.2) is 29.2 Å². The largest absolute Gasteiger partial charge is 0.326 e. The lowest BCUT2D eigenvalue weighted by atomic mass is 9.96. The van der Waals surface area contributed by atoms with Gasteiger partial charge in [-0.05, 0) is 49.9 Å². The first-order valence-electron chi connectivity index (χ1n) is 9.62. The number of hydrogen-bond acceptors (Lipinski definition) is 6. The number of nitrogens with one attached hydrogen (secondary N) is 1. The average Bonchev–Trinajstić information content (AvgIpc) is 3.54. The maximum atomic E-state index is 12.8. The minimum Gasteiger partial charge on any atom is -0.323 e. The number of carbonyl (C=O) groups is 2. The van der Waals surface area contributed by atoms with E-state index in [-0.39, 0.29) is 42.5 Å². The van der Waals surface area contributed by atoms with Crippen LogP contribution in [0.3, 0.4) is 0 Å². The van der Waals surface area contributed by atoms with Gasteiger partial charge in [0.25, 0.3) is 5.91 Å². The third-order valence-corrected chi connectivity index (χ3v) is 7.90. The van der Waals surface area contributed by atoms with Crippen LogP contribution >= 0.6 is 0 Å². The SMILES string of the molecule is C[C@]1(C2CC2)NC(=O)N(CN2CCN(S(=O)(=O)c3ccc(C#N)cc3)CC2)C1=O. The fourth-order valence-electron chi connectivity index (χ4n) is 3.94. The molecule has 2 heterocycles. The predicted octanol–water partition coefficient (Wildman–Crippen LogP) is 0.543. The van der Waals surface area contributed by atoms with Crippen molar-refractivity contribution in [2.45, 2.75) is 30.2 Å². The standard InChI is InChI=1S/C19H23N5O4S/c1-19(15-4-5-15)17(25)24(18(26)21-19)13-22-8-10-23(11-9-22)29(27,28)16-6-2-14(12-20)3-7-16/h2-3,6-7,15H,4-5,8-11,13H2,1H3,(H,21,26)/t19-/m1/s1. The van der Waals surface area contributed by atoms with Crippen LogP contribution in [0.5, 0.6) is 0 Å². The molecule has 9 nitrogen and oxygen atoms in total. The van der Waals surface area contributed by atoms with Crippen molar-refractivity contribution in [2.75, 3.05) is 32.8 Å². The smallest absolute Gasteiger partial charge is 0.323 e. The molecule has 0 radical (unpaired) electrons. The Kier molecular flexibility index (Phi) is 4.85. The molecular formula is C19H23N5O4S. The molecule has 0 spiro atoms. The number of rotatable bonds is 5. The van der Waals surface area contributed by atoms with Crippen molar-refractivity contribution < 1.29 is 18.0 Å². The maximum absolute atomic E-state index is 12.8. The van der Waals surface area contributed by atoms with Gasteiger partial charge in [0.1, 0.15) is 5.54 Å². The first-order chi connectivity index (χ1) is 13.8. The van der Waals surface area contributed by atoms with Crippen molar-refractivity contribution >= 4 is 22.0 Å². The van der Waals surface area contributed by atoms with E-state index in [2.05, 4.69) is 5.32 Å². The number of sulfonamides is 1. The topological polar surface area (TPSA) is 114 Å². The maximum Gasteiger partial charge on any atom is 0.326 e. The monoisotopic (exact) mass is 417 g/mol. The fourth-order valence-corrected chi connectivity index (χ4v) is 5.37. The van der Waals surface area contributed by atoms with Gasteiger partial charge in [-0.2, -0.15) is 9.57 Å². The summed E-state index contributed by atoms with van der Waals surface area (Å²) in [7, 11) is -3.64. The summed E-state index contributed by atoms with van der Waals surface area (Å²) < 4.78 is 27.0. The second-order valence-corrected chi connectivity index (χ2v) is 9.88. The van der Waals surface area contributed by atoms with Crippen molar-refractivity contribution in [1.29, 1.82) is 5.26 Å². The van der Waals surface area contributed by atoms with E-state index in [1.54, 1.807) is 6.92 Å². The Balaban J connectivity index is 1.37. The van der Waals surface area contributed by atoms with Crippen LogP contribution in [-0.2, 0) is 14.8 Å². The first-order valence-corrected chi connectivity index (χ1v) is 11.1. The van der Waals surface area contributed by atoms with Crippen LogP contribution < -0.4 is 5.32 Å². The van der Waals surface area contributed by atoms with Crippen molar-refractivity contribution in [2.24, 2.45) is 5.92 Å². The second-order valence-electron chi connectivity index (χ2n) is 7.94. The number of benzene rings is 1. The third-order valence-electron chi connectivity index (χ3n) is 5.99. The van der Waals surface area contributed by atoms with E-state index >= 15 is 0 Å². The van der Waals surface area contributed by atoms with Gasteiger partial charge in [-0.1, -0.05) is 0 Å². The number of carbonyl (C=O) groups excluding carboxylic acids is 2. The molecule has 1 saturated carbocycles. The van der Waals surface area contributed by atoms with E-state index in [4.69, 9.17) is 5.26 Å². The Morgan fingerprint density at radius 3 is 2.31 bits per heavy atom. The molecule has 29 heavy (non-hydrogen) atoms. The van der Waals surface area contributed by atoms with Crippen LogP contribution in [0, 0.1) is 17.2 Å². The number of nitriles is 1. The molecule has 1 aliphatic carbocycles. The molecular weight excluding hydrogens is 394 g/mol. The molecule has 1 aromatic rings. The van der Waals surface area contributed by atoms with Crippen molar-refractivity contribution in [3.05, 3.63) is 29.8 Å². The molecule has 1 atom stereocenters. The van der Waals surface area contributed by atoms with Gasteiger partial charge in [-0.15, -0.1) is 0 Å². The number of piperazine rings is 1. The highest BCUT2D eigenvalue weighted by molar-refractivity contribution is 7.89. The van der Waals surface area contributed by atoms with Crippen molar-refractivity contribution in [3.8, 4) is 6.07 Å². The molecule has 2 aliphatic heterocycles. The van der Waals surface area contributed by atoms with Crippen molar-refractivity contribution in [1.82, 2.24) is 19.4 Å². The summed E-state index contributed by atoms with van der Waals surface area (Å²) in [4.78, 5) is 28.4. The van der Waals surface area contributed by atoms with E-state index in [9.17, 15) is 18.0 Å². The van der Waals surface area contributed by atoms with Gasteiger partial charge >= 0.3 is 6.03 Å². The quantitative estimate of drug-likeness (QED) is 0.700. The molecule has 2 saturated heterocycles. The minimum absolute atomic E-state index is 0.152. The van der Waals surface area contributed by atoms with Gasteiger partial charge < -0.3 is 5.32 Å². The second kappa shape index (κ2) is 7.09. The summed E-state index contributed by atoms with van der Waals surface area (Å²) in [5.74, 6) is 0.0102. The molecule has 4 rings (SSSR count). The molecule has 154 valence electrons. The molecule has 10 heteroatoms. The predicted molar refractivity (Wildman–Crippen MR) is 103 cm³/mol. The number of urea groups is 1. The van der Waals surface area contributed by atoms with Gasteiger partial charge in [-0.3, -0.25) is 9.69 Å². The first kappa shape index (κ1) is 19.8. The lowest BCUT2D eigenvalue weighted by molar-refractivity contribution is -0.133.